The molecule has 0 aliphatic heterocycles. The third-order valence-corrected chi connectivity index (χ3v) is 4.21. The van der Waals surface area contributed by atoms with Crippen molar-refractivity contribution in [2.75, 3.05) is 16.8 Å². The summed E-state index contributed by atoms with van der Waals surface area (Å²) in [7, 11) is 0. The quantitative estimate of drug-likeness (QED) is 0.668. The number of hydrogen-bond donors (Lipinski definition) is 2. The highest BCUT2D eigenvalue weighted by Gasteiger charge is 2.08. The van der Waals surface area contributed by atoms with Crippen molar-refractivity contribution in [1.82, 2.24) is 0 Å². The monoisotopic (exact) mass is 304 g/mol. The molecule has 0 saturated heterocycles. The number of carbonyl (C=O) groups is 1. The third kappa shape index (κ3) is 4.23. The van der Waals surface area contributed by atoms with Gasteiger partial charge in [-0.25, -0.2) is 4.39 Å². The Morgan fingerprint density at radius 2 is 1.95 bits per heavy atom. The normalized spacial score (nSPS) is 10.4. The van der Waals surface area contributed by atoms with Gasteiger partial charge in [0.15, 0.2) is 0 Å². The molecule has 2 aromatic rings. The molecular formula is C16H17FN2OS. The molecule has 21 heavy (non-hydrogen) atoms. The van der Waals surface area contributed by atoms with Crippen LogP contribution in [0.5, 0.6) is 0 Å². The average Bonchev–Trinajstić information content (AvgIpc) is 2.42. The Hall–Kier alpha value is -2.01. The summed E-state index contributed by atoms with van der Waals surface area (Å²) in [5.74, 6) is -0.261. The molecule has 0 aliphatic rings. The van der Waals surface area contributed by atoms with Gasteiger partial charge in [-0.15, -0.1) is 11.8 Å². The highest BCUT2D eigenvalue weighted by molar-refractivity contribution is 8.00. The summed E-state index contributed by atoms with van der Waals surface area (Å²) in [6.07, 6.45) is 0. The van der Waals surface area contributed by atoms with Crippen molar-refractivity contribution in [2.45, 2.75) is 18.7 Å². The highest BCUT2D eigenvalue weighted by Crippen LogP contribution is 2.24. The number of nitrogen functional groups attached to an aromatic ring is 1. The van der Waals surface area contributed by atoms with Crippen LogP contribution in [0.4, 0.5) is 15.8 Å². The van der Waals surface area contributed by atoms with Crippen LogP contribution >= 0.6 is 11.8 Å². The fraction of sp³-hybridized carbons (Fsp3) is 0.188. The maximum Gasteiger partial charge on any atom is 0.234 e. The van der Waals surface area contributed by atoms with Crippen molar-refractivity contribution in [3.63, 3.8) is 0 Å². The van der Waals surface area contributed by atoms with Gasteiger partial charge in [0.25, 0.3) is 0 Å². The molecule has 0 bridgehead atoms. The lowest BCUT2D eigenvalue weighted by molar-refractivity contribution is -0.113. The van der Waals surface area contributed by atoms with E-state index in [4.69, 9.17) is 5.73 Å². The number of halogens is 1. The first-order valence-electron chi connectivity index (χ1n) is 6.50. The van der Waals surface area contributed by atoms with E-state index in [0.29, 0.717) is 11.4 Å². The number of carbonyl (C=O) groups excluding carboxylic acids is 1. The van der Waals surface area contributed by atoms with Gasteiger partial charge in [0, 0.05) is 16.3 Å². The van der Waals surface area contributed by atoms with Crippen LogP contribution in [0.3, 0.4) is 0 Å². The van der Waals surface area contributed by atoms with Gasteiger partial charge < -0.3 is 11.1 Å². The first kappa shape index (κ1) is 15.4. The summed E-state index contributed by atoms with van der Waals surface area (Å²) < 4.78 is 13.2. The molecule has 0 fully saturated rings. The first-order chi connectivity index (χ1) is 9.95. The molecule has 0 atom stereocenters. The molecule has 0 radical (unpaired) electrons. The summed E-state index contributed by atoms with van der Waals surface area (Å²) in [6, 6.07) is 9.92. The largest absolute Gasteiger partial charge is 0.399 e. The molecule has 0 unspecified atom stereocenters. The molecule has 0 heterocycles. The molecular weight excluding hydrogens is 287 g/mol. The van der Waals surface area contributed by atoms with Gasteiger partial charge >= 0.3 is 0 Å². The molecule has 0 saturated carbocycles. The van der Waals surface area contributed by atoms with Crippen molar-refractivity contribution in [3.05, 3.63) is 53.3 Å². The fourth-order valence-corrected chi connectivity index (χ4v) is 2.70. The highest BCUT2D eigenvalue weighted by atomic mass is 32.2. The minimum absolute atomic E-state index is 0.162. The lowest BCUT2D eigenvalue weighted by atomic mass is 10.2. The van der Waals surface area contributed by atoms with Crippen LogP contribution in [0.15, 0.2) is 41.3 Å². The summed E-state index contributed by atoms with van der Waals surface area (Å²) in [4.78, 5) is 13.0. The summed E-state index contributed by atoms with van der Waals surface area (Å²) >= 11 is 1.43. The minimum Gasteiger partial charge on any atom is -0.399 e. The SMILES string of the molecule is Cc1ccc(F)cc1NC(=O)CSc1ccc(N)cc1C. The van der Waals surface area contributed by atoms with E-state index in [-0.39, 0.29) is 17.5 Å². The second kappa shape index (κ2) is 6.63. The topological polar surface area (TPSA) is 55.1 Å². The second-order valence-corrected chi connectivity index (χ2v) is 5.84. The predicted octanol–water partition coefficient (Wildman–Crippen LogP) is 3.76. The van der Waals surface area contributed by atoms with Crippen LogP contribution in [0.2, 0.25) is 0 Å². The summed E-state index contributed by atoms with van der Waals surface area (Å²) in [5, 5.41) is 2.73. The maximum absolute atomic E-state index is 13.2. The van der Waals surface area contributed by atoms with Crippen molar-refractivity contribution >= 4 is 29.0 Å². The zero-order chi connectivity index (χ0) is 15.4. The van der Waals surface area contributed by atoms with E-state index in [1.54, 1.807) is 6.07 Å². The van der Waals surface area contributed by atoms with Crippen molar-refractivity contribution in [2.24, 2.45) is 0 Å². The smallest absolute Gasteiger partial charge is 0.234 e. The molecule has 3 N–H and O–H groups in total. The van der Waals surface area contributed by atoms with E-state index in [9.17, 15) is 9.18 Å². The van der Waals surface area contributed by atoms with Gasteiger partial charge in [-0.05, 0) is 55.3 Å². The number of benzene rings is 2. The lowest BCUT2D eigenvalue weighted by Crippen LogP contribution is -2.15. The van der Waals surface area contributed by atoms with Crippen LogP contribution in [0, 0.1) is 19.7 Å². The van der Waals surface area contributed by atoms with Gasteiger partial charge in [0.1, 0.15) is 5.82 Å². The average molecular weight is 304 g/mol. The molecule has 0 aliphatic carbocycles. The van der Waals surface area contributed by atoms with E-state index in [1.807, 2.05) is 32.0 Å². The van der Waals surface area contributed by atoms with E-state index in [2.05, 4.69) is 5.32 Å². The van der Waals surface area contributed by atoms with E-state index in [1.165, 1.54) is 23.9 Å². The van der Waals surface area contributed by atoms with Gasteiger partial charge in [0.2, 0.25) is 5.91 Å². The van der Waals surface area contributed by atoms with E-state index in [0.717, 1.165) is 16.0 Å². The zero-order valence-electron chi connectivity index (χ0n) is 11.9. The van der Waals surface area contributed by atoms with Crippen LogP contribution in [-0.4, -0.2) is 11.7 Å². The fourth-order valence-electron chi connectivity index (χ4n) is 1.89. The Labute approximate surface area is 127 Å². The zero-order valence-corrected chi connectivity index (χ0v) is 12.8. The van der Waals surface area contributed by atoms with Crippen LogP contribution in [0.25, 0.3) is 0 Å². The summed E-state index contributed by atoms with van der Waals surface area (Å²) in [5.41, 5.74) is 8.78. The molecule has 3 nitrogen and oxygen atoms in total. The van der Waals surface area contributed by atoms with Gasteiger partial charge in [-0.1, -0.05) is 6.07 Å². The van der Waals surface area contributed by atoms with Crippen LogP contribution in [-0.2, 0) is 4.79 Å². The Morgan fingerprint density at radius 3 is 2.67 bits per heavy atom. The van der Waals surface area contributed by atoms with Crippen molar-refractivity contribution in [1.29, 1.82) is 0 Å². The molecule has 110 valence electrons. The second-order valence-electron chi connectivity index (χ2n) is 4.82. The molecule has 1 amide bonds. The minimum atomic E-state index is -0.363. The van der Waals surface area contributed by atoms with Gasteiger partial charge in [-0.2, -0.15) is 0 Å². The number of hydrogen-bond acceptors (Lipinski definition) is 3. The van der Waals surface area contributed by atoms with Gasteiger partial charge in [0.05, 0.1) is 5.75 Å². The number of aryl methyl sites for hydroxylation is 2. The third-order valence-electron chi connectivity index (χ3n) is 3.03. The number of thioether (sulfide) groups is 1. The predicted molar refractivity (Wildman–Crippen MR) is 86.1 cm³/mol. The number of anilines is 2. The Kier molecular flexibility index (Phi) is 4.85. The number of rotatable bonds is 4. The molecule has 2 rings (SSSR count). The molecule has 0 spiro atoms. The molecule has 5 heteroatoms. The number of amides is 1. The van der Waals surface area contributed by atoms with Gasteiger partial charge in [-0.3, -0.25) is 4.79 Å². The maximum atomic E-state index is 13.2. The number of nitrogens with one attached hydrogen (secondary N) is 1. The van der Waals surface area contributed by atoms with Crippen LogP contribution < -0.4 is 11.1 Å². The first-order valence-corrected chi connectivity index (χ1v) is 7.49. The molecule has 0 aromatic heterocycles. The van der Waals surface area contributed by atoms with E-state index < -0.39 is 0 Å². The Morgan fingerprint density at radius 1 is 1.19 bits per heavy atom. The Bertz CT molecular complexity index is 673. The van der Waals surface area contributed by atoms with Crippen molar-refractivity contribution in [3.8, 4) is 0 Å². The van der Waals surface area contributed by atoms with E-state index >= 15 is 0 Å². The standard InChI is InChI=1S/C16H17FN2OS/c1-10-3-4-12(17)8-14(10)19-16(20)9-21-15-6-5-13(18)7-11(15)2/h3-8H,9,18H2,1-2H3,(H,19,20). The van der Waals surface area contributed by atoms with Crippen LogP contribution in [0.1, 0.15) is 11.1 Å². The van der Waals surface area contributed by atoms with Crippen molar-refractivity contribution < 1.29 is 9.18 Å². The Balaban J connectivity index is 1.97. The lowest BCUT2D eigenvalue weighted by Gasteiger charge is -2.09. The molecule has 2 aromatic carbocycles. The summed E-state index contributed by atoms with van der Waals surface area (Å²) in [6.45, 7) is 3.78. The number of nitrogens with two attached hydrogens (primary N) is 1.